The van der Waals surface area contributed by atoms with E-state index in [0.29, 0.717) is 35.3 Å². The van der Waals surface area contributed by atoms with Gasteiger partial charge in [0.25, 0.3) is 0 Å². The molecule has 0 amide bonds. The van der Waals surface area contributed by atoms with Gasteiger partial charge in [-0.15, -0.1) is 30.6 Å². The Kier molecular flexibility index (Phi) is 10.6. The number of hydrogen-bond acceptors (Lipinski definition) is 9. The molecular formula is C54H50N6O3. The molecule has 9 aromatic rings. The fourth-order valence-electron chi connectivity index (χ4n) is 7.72. The molecule has 63 heavy (non-hydrogen) atoms. The first-order valence-electron chi connectivity index (χ1n) is 21.3. The van der Waals surface area contributed by atoms with Gasteiger partial charge in [-0.3, -0.25) is 0 Å². The maximum absolute atomic E-state index is 6.20. The highest BCUT2D eigenvalue weighted by atomic mass is 16.4. The smallest absolute Gasteiger partial charge is 0.248 e. The van der Waals surface area contributed by atoms with Crippen LogP contribution in [0.15, 0.2) is 159 Å². The molecule has 314 valence electrons. The van der Waals surface area contributed by atoms with Crippen LogP contribution in [0.1, 0.15) is 77.6 Å². The summed E-state index contributed by atoms with van der Waals surface area (Å²) in [4.78, 5) is 0. The quantitative estimate of drug-likeness (QED) is 0.133. The van der Waals surface area contributed by atoms with Gasteiger partial charge in [0, 0.05) is 33.4 Å². The molecule has 0 aliphatic carbocycles. The van der Waals surface area contributed by atoms with Crippen LogP contribution in [0.3, 0.4) is 0 Å². The van der Waals surface area contributed by atoms with E-state index in [4.69, 9.17) is 13.3 Å². The zero-order valence-corrected chi connectivity index (χ0v) is 37.0. The van der Waals surface area contributed by atoms with Crippen molar-refractivity contribution in [3.05, 3.63) is 168 Å². The molecule has 0 saturated carbocycles. The molecule has 3 aromatic heterocycles. The van der Waals surface area contributed by atoms with Crippen LogP contribution in [-0.2, 0) is 22.7 Å². The van der Waals surface area contributed by atoms with E-state index in [9.17, 15) is 0 Å². The fourth-order valence-corrected chi connectivity index (χ4v) is 7.72. The molecule has 0 radical (unpaired) electrons. The van der Waals surface area contributed by atoms with E-state index >= 15 is 0 Å². The summed E-state index contributed by atoms with van der Waals surface area (Å²) in [6, 6.07) is 49.7. The average Bonchev–Trinajstić information content (AvgIpc) is 4.09. The Morgan fingerprint density at radius 2 is 0.635 bits per heavy atom. The Labute approximate surface area is 368 Å². The summed E-state index contributed by atoms with van der Waals surface area (Å²) in [5.74, 6) is 2.74. The maximum atomic E-state index is 6.20. The molecular weight excluding hydrogens is 781 g/mol. The largest absolute Gasteiger partial charge is 0.416 e. The van der Waals surface area contributed by atoms with Crippen LogP contribution in [0, 0.1) is 0 Å². The summed E-state index contributed by atoms with van der Waals surface area (Å²) < 4.78 is 18.4. The van der Waals surface area contributed by atoms with Gasteiger partial charge < -0.3 is 13.3 Å². The van der Waals surface area contributed by atoms with Crippen molar-refractivity contribution in [3.8, 4) is 79.9 Å². The second-order valence-corrected chi connectivity index (χ2v) is 18.9. The highest BCUT2D eigenvalue weighted by Gasteiger charge is 2.23. The van der Waals surface area contributed by atoms with E-state index < -0.39 is 0 Å². The zero-order chi connectivity index (χ0) is 43.9. The van der Waals surface area contributed by atoms with E-state index in [2.05, 4.69) is 159 Å². The van der Waals surface area contributed by atoms with Gasteiger partial charge in [-0.05, 0) is 123 Å². The molecule has 9 heteroatoms. The number of nitrogens with zero attached hydrogens (tertiary/aromatic N) is 6. The first kappa shape index (κ1) is 41.1. The van der Waals surface area contributed by atoms with E-state index in [1.54, 1.807) is 0 Å². The summed E-state index contributed by atoms with van der Waals surface area (Å²) in [6.07, 6.45) is 0.853. The van der Waals surface area contributed by atoms with Crippen molar-refractivity contribution < 1.29 is 13.3 Å². The van der Waals surface area contributed by atoms with Crippen molar-refractivity contribution in [2.24, 2.45) is 0 Å². The Bertz CT molecular complexity index is 3000. The summed E-state index contributed by atoms with van der Waals surface area (Å²) >= 11 is 0. The summed E-state index contributed by atoms with van der Waals surface area (Å²) in [5, 5.41) is 26.1. The highest BCUT2D eigenvalue weighted by molar-refractivity contribution is 5.69. The fraction of sp³-hybridized carbons (Fsp3) is 0.222. The molecule has 6 aromatic carbocycles. The van der Waals surface area contributed by atoms with E-state index in [0.717, 1.165) is 50.9 Å². The van der Waals surface area contributed by atoms with Gasteiger partial charge in [0.05, 0.1) is 0 Å². The van der Waals surface area contributed by atoms with E-state index in [1.807, 2.05) is 72.8 Å². The van der Waals surface area contributed by atoms with E-state index in [1.165, 1.54) is 22.3 Å². The topological polar surface area (TPSA) is 117 Å². The van der Waals surface area contributed by atoms with Crippen LogP contribution in [0.4, 0.5) is 0 Å². The van der Waals surface area contributed by atoms with Gasteiger partial charge in [0.1, 0.15) is 0 Å². The molecule has 0 aliphatic heterocycles. The van der Waals surface area contributed by atoms with Crippen LogP contribution in [-0.4, -0.2) is 30.6 Å². The molecule has 0 fully saturated rings. The lowest BCUT2D eigenvalue weighted by atomic mass is 9.78. The average molecular weight is 831 g/mol. The van der Waals surface area contributed by atoms with Crippen molar-refractivity contribution in [3.63, 3.8) is 0 Å². The van der Waals surface area contributed by atoms with Crippen LogP contribution in [0.5, 0.6) is 0 Å². The molecule has 9 nitrogen and oxygen atoms in total. The predicted octanol–water partition coefficient (Wildman–Crippen LogP) is 13.6. The summed E-state index contributed by atoms with van der Waals surface area (Å²) in [6.45, 7) is 17.7. The summed E-state index contributed by atoms with van der Waals surface area (Å²) in [7, 11) is 0. The first-order valence-corrected chi connectivity index (χ1v) is 21.3. The van der Waals surface area contributed by atoms with Gasteiger partial charge in [0.2, 0.25) is 35.3 Å². The lowest BCUT2D eigenvalue weighted by Gasteiger charge is -2.26. The molecule has 0 bridgehead atoms. The van der Waals surface area contributed by atoms with Crippen molar-refractivity contribution in [2.45, 2.75) is 78.1 Å². The number of rotatable bonds is 10. The van der Waals surface area contributed by atoms with Gasteiger partial charge in [-0.25, -0.2) is 0 Å². The minimum absolute atomic E-state index is 0.0615. The Balaban J connectivity index is 0.845. The van der Waals surface area contributed by atoms with Crippen molar-refractivity contribution in [1.82, 2.24) is 30.6 Å². The third kappa shape index (κ3) is 8.91. The lowest BCUT2D eigenvalue weighted by molar-refractivity contribution is 0.522. The van der Waals surface area contributed by atoms with Crippen molar-refractivity contribution in [1.29, 1.82) is 0 Å². The maximum Gasteiger partial charge on any atom is 0.248 e. The van der Waals surface area contributed by atoms with Gasteiger partial charge in [-0.2, -0.15) is 0 Å². The minimum Gasteiger partial charge on any atom is -0.416 e. The molecule has 0 N–H and O–H groups in total. The molecule has 0 aliphatic rings. The SMILES string of the molecule is CC(C)(C)c1ccc(-c2nnc(-c3ccc(-c4cccc(CC(C)(C)c5ccc(-c6nnc(-c7cccc(-c8nnc(-c9ccc(C(C)(C)C)cc9)o8)c7)o6)cc5)c4)cc3)o2)cc1. The molecule has 0 atom stereocenters. The third-order valence-electron chi connectivity index (χ3n) is 11.6. The highest BCUT2D eigenvalue weighted by Crippen LogP contribution is 2.35. The van der Waals surface area contributed by atoms with E-state index in [-0.39, 0.29) is 16.2 Å². The first-order chi connectivity index (χ1) is 30.2. The second kappa shape index (κ2) is 16.2. The number of aromatic nitrogens is 6. The normalized spacial score (nSPS) is 12.2. The Morgan fingerprint density at radius 1 is 0.317 bits per heavy atom. The summed E-state index contributed by atoms with van der Waals surface area (Å²) in [5.41, 5.74) is 12.3. The van der Waals surface area contributed by atoms with Crippen molar-refractivity contribution in [2.75, 3.05) is 0 Å². The van der Waals surface area contributed by atoms with Gasteiger partial charge >= 0.3 is 0 Å². The number of benzene rings is 6. The van der Waals surface area contributed by atoms with Crippen LogP contribution >= 0.6 is 0 Å². The molecule has 9 rings (SSSR count). The van der Waals surface area contributed by atoms with Crippen LogP contribution in [0.2, 0.25) is 0 Å². The second-order valence-electron chi connectivity index (χ2n) is 18.9. The van der Waals surface area contributed by atoms with Crippen LogP contribution < -0.4 is 0 Å². The standard InChI is InChI=1S/C54H50N6O3/c1-52(2,3)43-25-19-37(20-26-43)47-56-55-46(61-47)36-17-15-35(16-18-36)40-12-9-11-34(31-40)33-54(7,8)45-29-23-39(24-30-45)49-58-60-51(63-49)42-14-10-13-41(32-42)50-59-57-48(62-50)38-21-27-44(28-22-38)53(4,5)6/h9-32H,33H2,1-8H3. The molecule has 3 heterocycles. The monoisotopic (exact) mass is 830 g/mol. The third-order valence-corrected chi connectivity index (χ3v) is 11.6. The van der Waals surface area contributed by atoms with Gasteiger partial charge in [0.15, 0.2) is 0 Å². The Morgan fingerprint density at radius 3 is 1.03 bits per heavy atom. The van der Waals surface area contributed by atoms with Crippen molar-refractivity contribution >= 4 is 0 Å². The molecule has 0 spiro atoms. The predicted molar refractivity (Wildman–Crippen MR) is 249 cm³/mol. The van der Waals surface area contributed by atoms with Crippen LogP contribution in [0.25, 0.3) is 79.9 Å². The molecule has 0 unspecified atom stereocenters. The van der Waals surface area contributed by atoms with Gasteiger partial charge in [-0.1, -0.05) is 134 Å². The zero-order valence-electron chi connectivity index (χ0n) is 37.0. The lowest BCUT2D eigenvalue weighted by Crippen LogP contribution is -2.20. The number of hydrogen-bond donors (Lipinski definition) is 0. The Hall–Kier alpha value is -7.26. The molecule has 0 saturated heterocycles. The minimum atomic E-state index is -0.144.